The summed E-state index contributed by atoms with van der Waals surface area (Å²) in [5.41, 5.74) is 2.38. The van der Waals surface area contributed by atoms with Crippen LogP contribution in [0.1, 0.15) is 37.4 Å². The van der Waals surface area contributed by atoms with Crippen LogP contribution in [0.5, 0.6) is 5.75 Å². The van der Waals surface area contributed by atoms with Crippen LogP contribution in [0.4, 0.5) is 5.69 Å². The van der Waals surface area contributed by atoms with Gasteiger partial charge in [-0.1, -0.05) is 13.8 Å². The number of nitrogens with one attached hydrogen (secondary N) is 2. The average molecular weight is 356 g/mol. The van der Waals surface area contributed by atoms with Gasteiger partial charge in [0.2, 0.25) is 11.8 Å². The van der Waals surface area contributed by atoms with Crippen LogP contribution in [-0.2, 0) is 22.7 Å². The standard InChI is InChI=1S/C19H24N4O3/c1-12(2)10-23-11-20-8-13(23)9-21-19(25)16-7-18(24)22-17-5-4-14(26-3)6-15(16)17/h4-6,8,11-12,16H,7,9-10H2,1-3H3,(H,21,25)(H,22,24)/t16-/m0/s1. The molecule has 0 aliphatic carbocycles. The maximum atomic E-state index is 12.8. The SMILES string of the molecule is COc1ccc2c(c1)[C@@H](C(=O)NCc1cncn1CC(C)C)CC(=O)N2. The number of methoxy groups -OCH3 is 1. The molecule has 2 N–H and O–H groups in total. The van der Waals surface area contributed by atoms with Gasteiger partial charge in [-0.15, -0.1) is 0 Å². The molecule has 0 spiro atoms. The van der Waals surface area contributed by atoms with Crippen LogP contribution in [0.3, 0.4) is 0 Å². The van der Waals surface area contributed by atoms with E-state index in [0.29, 0.717) is 23.9 Å². The van der Waals surface area contributed by atoms with Crippen LogP contribution < -0.4 is 15.4 Å². The normalized spacial score (nSPS) is 16.2. The highest BCUT2D eigenvalue weighted by molar-refractivity contribution is 6.01. The van der Waals surface area contributed by atoms with Crippen molar-refractivity contribution in [1.82, 2.24) is 14.9 Å². The van der Waals surface area contributed by atoms with Crippen molar-refractivity contribution in [3.8, 4) is 5.75 Å². The van der Waals surface area contributed by atoms with Gasteiger partial charge in [0.25, 0.3) is 0 Å². The van der Waals surface area contributed by atoms with E-state index >= 15 is 0 Å². The number of benzene rings is 1. The second-order valence-electron chi connectivity index (χ2n) is 6.91. The van der Waals surface area contributed by atoms with Crippen molar-refractivity contribution in [3.63, 3.8) is 0 Å². The summed E-state index contributed by atoms with van der Waals surface area (Å²) in [5, 5.41) is 5.75. The lowest BCUT2D eigenvalue weighted by Crippen LogP contribution is -2.35. The zero-order valence-electron chi connectivity index (χ0n) is 15.3. The van der Waals surface area contributed by atoms with E-state index in [9.17, 15) is 9.59 Å². The predicted molar refractivity (Wildman–Crippen MR) is 97.9 cm³/mol. The summed E-state index contributed by atoms with van der Waals surface area (Å²) in [6.45, 7) is 5.49. The second-order valence-corrected chi connectivity index (χ2v) is 6.91. The van der Waals surface area contributed by atoms with Gasteiger partial charge in [-0.25, -0.2) is 4.98 Å². The molecule has 1 aromatic carbocycles. The molecular weight excluding hydrogens is 332 g/mol. The van der Waals surface area contributed by atoms with Crippen molar-refractivity contribution in [2.75, 3.05) is 12.4 Å². The van der Waals surface area contributed by atoms with E-state index in [4.69, 9.17) is 4.74 Å². The molecule has 1 aliphatic heterocycles. The molecule has 0 fully saturated rings. The lowest BCUT2D eigenvalue weighted by atomic mass is 9.89. The number of imidazole rings is 1. The Morgan fingerprint density at radius 1 is 1.46 bits per heavy atom. The molecule has 2 aromatic rings. The first-order valence-electron chi connectivity index (χ1n) is 8.72. The largest absolute Gasteiger partial charge is 0.497 e. The van der Waals surface area contributed by atoms with Crippen LogP contribution >= 0.6 is 0 Å². The summed E-state index contributed by atoms with van der Waals surface area (Å²) in [6.07, 6.45) is 3.65. The number of hydrogen-bond donors (Lipinski definition) is 2. The third-order valence-electron chi connectivity index (χ3n) is 4.42. The maximum Gasteiger partial charge on any atom is 0.228 e. The topological polar surface area (TPSA) is 85.2 Å². The van der Waals surface area contributed by atoms with E-state index in [1.807, 2.05) is 10.6 Å². The number of nitrogens with zero attached hydrogens (tertiary/aromatic N) is 2. The van der Waals surface area contributed by atoms with E-state index in [1.165, 1.54) is 0 Å². The van der Waals surface area contributed by atoms with Crippen molar-refractivity contribution in [2.45, 2.75) is 39.3 Å². The van der Waals surface area contributed by atoms with Crippen molar-refractivity contribution in [1.29, 1.82) is 0 Å². The Balaban J connectivity index is 1.74. The number of carbonyl (C=O) groups is 2. The number of anilines is 1. The number of carbonyl (C=O) groups excluding carboxylic acids is 2. The van der Waals surface area contributed by atoms with Gasteiger partial charge in [0.1, 0.15) is 5.75 Å². The minimum absolute atomic E-state index is 0.122. The van der Waals surface area contributed by atoms with E-state index in [2.05, 4.69) is 29.5 Å². The molecule has 138 valence electrons. The Kier molecular flexibility index (Phi) is 5.25. The Hall–Kier alpha value is -2.83. The number of ether oxygens (including phenoxy) is 1. The molecule has 2 heterocycles. The highest BCUT2D eigenvalue weighted by atomic mass is 16.5. The minimum atomic E-state index is -0.532. The molecule has 0 saturated heterocycles. The number of aromatic nitrogens is 2. The summed E-state index contributed by atoms with van der Waals surface area (Å²) in [4.78, 5) is 28.9. The van der Waals surface area contributed by atoms with Crippen molar-refractivity contribution < 1.29 is 14.3 Å². The molecule has 26 heavy (non-hydrogen) atoms. The number of hydrogen-bond acceptors (Lipinski definition) is 4. The average Bonchev–Trinajstić information content (AvgIpc) is 3.04. The highest BCUT2D eigenvalue weighted by Gasteiger charge is 2.31. The van der Waals surface area contributed by atoms with E-state index in [0.717, 1.165) is 17.8 Å². The van der Waals surface area contributed by atoms with Gasteiger partial charge in [0.05, 0.1) is 31.6 Å². The van der Waals surface area contributed by atoms with Crippen LogP contribution in [0.2, 0.25) is 0 Å². The maximum absolute atomic E-state index is 12.8. The van der Waals surface area contributed by atoms with E-state index in [1.54, 1.807) is 31.8 Å². The third-order valence-corrected chi connectivity index (χ3v) is 4.42. The Morgan fingerprint density at radius 2 is 2.27 bits per heavy atom. The molecule has 0 bridgehead atoms. The van der Waals surface area contributed by atoms with Crippen LogP contribution in [0, 0.1) is 5.92 Å². The molecule has 2 amide bonds. The summed E-state index contributed by atoms with van der Waals surface area (Å²) in [7, 11) is 1.58. The first-order chi connectivity index (χ1) is 12.5. The van der Waals surface area contributed by atoms with Gasteiger partial charge in [0.15, 0.2) is 0 Å². The fraction of sp³-hybridized carbons (Fsp3) is 0.421. The van der Waals surface area contributed by atoms with Gasteiger partial charge in [-0.2, -0.15) is 0 Å². The smallest absolute Gasteiger partial charge is 0.228 e. The van der Waals surface area contributed by atoms with Crippen LogP contribution in [0.15, 0.2) is 30.7 Å². The Labute approximate surface area is 152 Å². The zero-order valence-corrected chi connectivity index (χ0v) is 15.3. The molecule has 7 heteroatoms. The van der Waals surface area contributed by atoms with Crippen molar-refractivity contribution >= 4 is 17.5 Å². The zero-order chi connectivity index (χ0) is 18.7. The molecule has 0 saturated carbocycles. The molecule has 1 atom stereocenters. The fourth-order valence-corrected chi connectivity index (χ4v) is 3.15. The quantitative estimate of drug-likeness (QED) is 0.832. The summed E-state index contributed by atoms with van der Waals surface area (Å²) in [6, 6.07) is 5.34. The molecule has 3 rings (SSSR count). The summed E-state index contributed by atoms with van der Waals surface area (Å²) >= 11 is 0. The molecule has 7 nitrogen and oxygen atoms in total. The van der Waals surface area contributed by atoms with Crippen molar-refractivity contribution in [3.05, 3.63) is 42.0 Å². The summed E-state index contributed by atoms with van der Waals surface area (Å²) < 4.78 is 7.29. The molecular formula is C19H24N4O3. The lowest BCUT2D eigenvalue weighted by molar-refractivity contribution is -0.126. The number of amides is 2. The van der Waals surface area contributed by atoms with Gasteiger partial charge in [-0.05, 0) is 29.7 Å². The Bertz CT molecular complexity index is 813. The van der Waals surface area contributed by atoms with E-state index in [-0.39, 0.29) is 18.2 Å². The molecule has 0 radical (unpaired) electrons. The van der Waals surface area contributed by atoms with Crippen LogP contribution in [0.25, 0.3) is 0 Å². The molecule has 1 aromatic heterocycles. The minimum Gasteiger partial charge on any atom is -0.497 e. The first-order valence-corrected chi connectivity index (χ1v) is 8.72. The highest BCUT2D eigenvalue weighted by Crippen LogP contribution is 2.35. The van der Waals surface area contributed by atoms with Crippen LogP contribution in [-0.4, -0.2) is 28.5 Å². The Morgan fingerprint density at radius 3 is 3.00 bits per heavy atom. The fourth-order valence-electron chi connectivity index (χ4n) is 3.15. The predicted octanol–water partition coefficient (Wildman–Crippen LogP) is 2.29. The van der Waals surface area contributed by atoms with Gasteiger partial charge >= 0.3 is 0 Å². The third kappa shape index (κ3) is 3.87. The van der Waals surface area contributed by atoms with Gasteiger partial charge < -0.3 is 19.9 Å². The second kappa shape index (κ2) is 7.59. The lowest BCUT2D eigenvalue weighted by Gasteiger charge is -2.25. The van der Waals surface area contributed by atoms with Crippen molar-refractivity contribution in [2.24, 2.45) is 5.92 Å². The van der Waals surface area contributed by atoms with Gasteiger partial charge in [-0.3, -0.25) is 9.59 Å². The van der Waals surface area contributed by atoms with E-state index < -0.39 is 5.92 Å². The van der Waals surface area contributed by atoms with Gasteiger partial charge in [0, 0.05) is 24.8 Å². The number of fused-ring (bicyclic) bond motifs is 1. The molecule has 0 unspecified atom stereocenters. The monoisotopic (exact) mass is 356 g/mol. The summed E-state index contributed by atoms with van der Waals surface area (Å²) in [5.74, 6) is 0.280. The molecule has 1 aliphatic rings. The number of rotatable bonds is 6. The first kappa shape index (κ1) is 18.0.